The Balaban J connectivity index is 2.99. The zero-order valence-electron chi connectivity index (χ0n) is 12.6. The summed E-state index contributed by atoms with van der Waals surface area (Å²) in [5.74, 6) is 0. The van der Waals surface area contributed by atoms with Crippen molar-refractivity contribution in [3.8, 4) is 0 Å². The predicted molar refractivity (Wildman–Crippen MR) is 75.1 cm³/mol. The third-order valence-electron chi connectivity index (χ3n) is 2.27. The van der Waals surface area contributed by atoms with Gasteiger partial charge in [0.1, 0.15) is 0 Å². The lowest BCUT2D eigenvalue weighted by Crippen LogP contribution is -2.36. The second-order valence-electron chi connectivity index (χ2n) is 5.31. The quantitative estimate of drug-likeness (QED) is 0.547. The maximum Gasteiger partial charge on any atom is 0.0700 e. The predicted octanol–water partition coefficient (Wildman–Crippen LogP) is 2.22. The van der Waals surface area contributed by atoms with Crippen molar-refractivity contribution in [3.05, 3.63) is 0 Å². The fraction of sp³-hybridized carbons (Fsp3) is 1.00. The summed E-state index contributed by atoms with van der Waals surface area (Å²) in [6.45, 7) is 14.0. The van der Waals surface area contributed by atoms with Crippen molar-refractivity contribution in [2.24, 2.45) is 0 Å². The van der Waals surface area contributed by atoms with Gasteiger partial charge in [-0.1, -0.05) is 0 Å². The molecule has 0 aliphatic carbocycles. The van der Waals surface area contributed by atoms with Gasteiger partial charge in [-0.25, -0.2) is 0 Å². The molecule has 0 bridgehead atoms. The molecule has 0 aromatic carbocycles. The molecule has 0 aromatic rings. The molecule has 0 radical (unpaired) electrons. The fourth-order valence-corrected chi connectivity index (χ4v) is 1.37. The van der Waals surface area contributed by atoms with Gasteiger partial charge < -0.3 is 19.5 Å². The molecule has 4 nitrogen and oxygen atoms in total. The van der Waals surface area contributed by atoms with Crippen LogP contribution in [0.4, 0.5) is 0 Å². The first-order valence-corrected chi connectivity index (χ1v) is 7.04. The number of ether oxygens (including phenoxy) is 3. The van der Waals surface area contributed by atoms with Crippen LogP contribution in [0.2, 0.25) is 0 Å². The Bertz CT molecular complexity index is 169. The molecule has 110 valence electrons. The van der Waals surface area contributed by atoms with Crippen LogP contribution in [-0.4, -0.2) is 51.7 Å². The Morgan fingerprint density at radius 3 is 1.94 bits per heavy atom. The molecule has 0 atom stereocenters. The van der Waals surface area contributed by atoms with Crippen LogP contribution in [-0.2, 0) is 14.2 Å². The van der Waals surface area contributed by atoms with Crippen LogP contribution in [0.15, 0.2) is 0 Å². The molecule has 0 rings (SSSR count). The zero-order chi connectivity index (χ0) is 13.7. The van der Waals surface area contributed by atoms with Crippen molar-refractivity contribution >= 4 is 0 Å². The summed E-state index contributed by atoms with van der Waals surface area (Å²) >= 11 is 0. The van der Waals surface area contributed by atoms with E-state index in [0.717, 1.165) is 45.8 Å². The van der Waals surface area contributed by atoms with Gasteiger partial charge >= 0.3 is 0 Å². The molecular weight excluding hydrogens is 230 g/mol. The molecular formula is C14H31NO3. The van der Waals surface area contributed by atoms with E-state index in [1.54, 1.807) is 0 Å². The average molecular weight is 261 g/mol. The summed E-state index contributed by atoms with van der Waals surface area (Å²) in [5.41, 5.74) is 0.203. The van der Waals surface area contributed by atoms with E-state index in [-0.39, 0.29) is 5.54 Å². The lowest BCUT2D eigenvalue weighted by Gasteiger charge is -2.20. The third kappa shape index (κ3) is 15.8. The average Bonchev–Trinajstić information content (AvgIpc) is 2.29. The topological polar surface area (TPSA) is 39.7 Å². The van der Waals surface area contributed by atoms with E-state index < -0.39 is 0 Å². The maximum atomic E-state index is 5.52. The van der Waals surface area contributed by atoms with Crippen LogP contribution in [0.25, 0.3) is 0 Å². The van der Waals surface area contributed by atoms with E-state index in [0.29, 0.717) is 13.2 Å². The Hall–Kier alpha value is -0.160. The first kappa shape index (κ1) is 17.8. The van der Waals surface area contributed by atoms with Gasteiger partial charge in [-0.05, 0) is 47.1 Å². The lowest BCUT2D eigenvalue weighted by molar-refractivity contribution is 0.0390. The Morgan fingerprint density at radius 1 is 0.778 bits per heavy atom. The molecule has 0 aliphatic heterocycles. The normalized spacial score (nSPS) is 12.0. The highest BCUT2D eigenvalue weighted by Gasteiger charge is 2.06. The van der Waals surface area contributed by atoms with E-state index >= 15 is 0 Å². The molecule has 0 amide bonds. The number of hydrogen-bond donors (Lipinski definition) is 1. The first-order chi connectivity index (χ1) is 8.56. The van der Waals surface area contributed by atoms with Crippen LogP contribution in [0.1, 0.15) is 40.5 Å². The van der Waals surface area contributed by atoms with E-state index in [1.807, 2.05) is 6.92 Å². The summed E-state index contributed by atoms with van der Waals surface area (Å²) in [7, 11) is 0. The lowest BCUT2D eigenvalue weighted by atomic mass is 10.1. The highest BCUT2D eigenvalue weighted by Crippen LogP contribution is 1.98. The second kappa shape index (κ2) is 11.9. The monoisotopic (exact) mass is 261 g/mol. The van der Waals surface area contributed by atoms with Crippen LogP contribution < -0.4 is 5.32 Å². The summed E-state index contributed by atoms with van der Waals surface area (Å²) in [5, 5.41) is 3.43. The van der Waals surface area contributed by atoms with Crippen molar-refractivity contribution in [2.75, 3.05) is 46.2 Å². The van der Waals surface area contributed by atoms with Gasteiger partial charge in [-0.15, -0.1) is 0 Å². The van der Waals surface area contributed by atoms with Crippen molar-refractivity contribution < 1.29 is 14.2 Å². The van der Waals surface area contributed by atoms with Crippen LogP contribution in [0, 0.1) is 0 Å². The number of hydrogen-bond acceptors (Lipinski definition) is 4. The molecule has 1 N–H and O–H groups in total. The van der Waals surface area contributed by atoms with Crippen molar-refractivity contribution in [3.63, 3.8) is 0 Å². The van der Waals surface area contributed by atoms with Gasteiger partial charge in [-0.3, -0.25) is 0 Å². The van der Waals surface area contributed by atoms with E-state index in [2.05, 4.69) is 26.1 Å². The minimum Gasteiger partial charge on any atom is -0.381 e. The fourth-order valence-electron chi connectivity index (χ4n) is 1.37. The minimum atomic E-state index is 0.203. The molecule has 18 heavy (non-hydrogen) atoms. The summed E-state index contributed by atoms with van der Waals surface area (Å²) < 4.78 is 16.1. The molecule has 0 aromatic heterocycles. The van der Waals surface area contributed by atoms with Gasteiger partial charge in [0.05, 0.1) is 13.2 Å². The Labute approximate surface area is 112 Å². The molecule has 0 fully saturated rings. The Morgan fingerprint density at radius 2 is 1.33 bits per heavy atom. The molecule has 0 saturated heterocycles. The van der Waals surface area contributed by atoms with Crippen LogP contribution in [0.3, 0.4) is 0 Å². The molecule has 0 saturated carbocycles. The van der Waals surface area contributed by atoms with Crippen molar-refractivity contribution in [1.29, 1.82) is 0 Å². The summed E-state index contributed by atoms with van der Waals surface area (Å²) in [6, 6.07) is 0. The molecule has 0 unspecified atom stereocenters. The van der Waals surface area contributed by atoms with E-state index in [4.69, 9.17) is 14.2 Å². The molecule has 0 aliphatic rings. The van der Waals surface area contributed by atoms with Crippen molar-refractivity contribution in [2.45, 2.75) is 46.1 Å². The van der Waals surface area contributed by atoms with Gasteiger partial charge in [0.15, 0.2) is 0 Å². The zero-order valence-corrected chi connectivity index (χ0v) is 12.6. The van der Waals surface area contributed by atoms with E-state index in [1.165, 1.54) is 0 Å². The first-order valence-electron chi connectivity index (χ1n) is 7.04. The smallest absolute Gasteiger partial charge is 0.0700 e. The SMILES string of the molecule is CCOCCOCCCOCCCNC(C)(C)C. The van der Waals surface area contributed by atoms with Gasteiger partial charge in [0, 0.05) is 32.0 Å². The Kier molecular flexibility index (Phi) is 11.8. The number of nitrogens with one attached hydrogen (secondary N) is 1. The van der Waals surface area contributed by atoms with Gasteiger partial charge in [-0.2, -0.15) is 0 Å². The van der Waals surface area contributed by atoms with Crippen LogP contribution >= 0.6 is 0 Å². The second-order valence-corrected chi connectivity index (χ2v) is 5.31. The van der Waals surface area contributed by atoms with Crippen LogP contribution in [0.5, 0.6) is 0 Å². The summed E-state index contributed by atoms with van der Waals surface area (Å²) in [4.78, 5) is 0. The molecule has 0 heterocycles. The van der Waals surface area contributed by atoms with Gasteiger partial charge in [0.2, 0.25) is 0 Å². The molecule has 4 heteroatoms. The third-order valence-corrected chi connectivity index (χ3v) is 2.27. The maximum absolute atomic E-state index is 5.52. The highest BCUT2D eigenvalue weighted by atomic mass is 16.5. The van der Waals surface area contributed by atoms with Gasteiger partial charge in [0.25, 0.3) is 0 Å². The van der Waals surface area contributed by atoms with E-state index in [9.17, 15) is 0 Å². The number of rotatable bonds is 12. The summed E-state index contributed by atoms with van der Waals surface area (Å²) in [6.07, 6.45) is 2.02. The minimum absolute atomic E-state index is 0.203. The standard InChI is InChI=1S/C14H31NO3/c1-5-16-12-13-18-11-7-10-17-9-6-8-15-14(2,3)4/h15H,5-13H2,1-4H3. The molecule has 0 spiro atoms. The highest BCUT2D eigenvalue weighted by molar-refractivity contribution is 4.69. The van der Waals surface area contributed by atoms with Crippen molar-refractivity contribution in [1.82, 2.24) is 5.32 Å². The largest absolute Gasteiger partial charge is 0.381 e.